The molecule has 1 unspecified atom stereocenters. The first-order valence-corrected chi connectivity index (χ1v) is 4.60. The Morgan fingerprint density at radius 1 is 1.40 bits per heavy atom. The number of carbonyl (C=O) groups is 3. The molecule has 2 N–H and O–H groups in total. The van der Waals surface area contributed by atoms with Crippen LogP contribution in [0, 0.1) is 0 Å². The predicted octanol–water partition coefficient (Wildman–Crippen LogP) is -0.0810. The van der Waals surface area contributed by atoms with Gasteiger partial charge in [0.1, 0.15) is 6.04 Å². The zero-order valence-electron chi connectivity index (χ0n) is 8.78. The Bertz CT molecular complexity index is 251. The van der Waals surface area contributed by atoms with Crippen LogP contribution in [0.15, 0.2) is 0 Å². The van der Waals surface area contributed by atoms with Gasteiger partial charge in [0, 0.05) is 12.8 Å². The molecule has 0 spiro atoms. The number of aliphatic carboxylic acids is 1. The van der Waals surface area contributed by atoms with E-state index in [0.29, 0.717) is 0 Å². The van der Waals surface area contributed by atoms with Crippen LogP contribution in [0.5, 0.6) is 0 Å². The summed E-state index contributed by atoms with van der Waals surface area (Å²) in [7, 11) is 1.22. The van der Waals surface area contributed by atoms with E-state index in [1.54, 1.807) is 6.92 Å². The largest absolute Gasteiger partial charge is 0.480 e. The Kier molecular flexibility index (Phi) is 6.08. The highest BCUT2D eigenvalue weighted by Crippen LogP contribution is 2.00. The molecule has 0 radical (unpaired) electrons. The number of esters is 1. The van der Waals surface area contributed by atoms with E-state index in [9.17, 15) is 14.4 Å². The molecule has 0 heterocycles. The van der Waals surface area contributed by atoms with E-state index in [1.165, 1.54) is 7.11 Å². The third-order valence-electron chi connectivity index (χ3n) is 1.82. The van der Waals surface area contributed by atoms with Gasteiger partial charge < -0.3 is 15.2 Å². The number of carboxylic acid groups (broad SMARTS) is 1. The maximum absolute atomic E-state index is 11.0. The monoisotopic (exact) mass is 217 g/mol. The summed E-state index contributed by atoms with van der Waals surface area (Å²) in [4.78, 5) is 32.4. The Hall–Kier alpha value is -1.59. The molecule has 1 atom stereocenters. The molecule has 0 aromatic carbocycles. The van der Waals surface area contributed by atoms with E-state index in [0.717, 1.165) is 0 Å². The molecule has 0 aliphatic heterocycles. The van der Waals surface area contributed by atoms with Gasteiger partial charge in [-0.3, -0.25) is 9.59 Å². The summed E-state index contributed by atoms with van der Waals surface area (Å²) >= 11 is 0. The number of hydrogen-bond acceptors (Lipinski definition) is 4. The molecule has 1 amide bonds. The van der Waals surface area contributed by atoms with Crippen molar-refractivity contribution < 1.29 is 24.2 Å². The summed E-state index contributed by atoms with van der Waals surface area (Å²) in [6.07, 6.45) is 0.215. The summed E-state index contributed by atoms with van der Waals surface area (Å²) in [6.45, 7) is 1.62. The number of nitrogens with one attached hydrogen (secondary N) is 1. The molecule has 0 fully saturated rings. The van der Waals surface area contributed by atoms with E-state index in [-0.39, 0.29) is 25.2 Å². The van der Waals surface area contributed by atoms with Crippen LogP contribution in [0.25, 0.3) is 0 Å². The van der Waals surface area contributed by atoms with Crippen molar-refractivity contribution in [1.29, 1.82) is 0 Å². The number of amides is 1. The molecule has 0 aliphatic carbocycles. The molecule has 86 valence electrons. The highest BCUT2D eigenvalue weighted by molar-refractivity contribution is 5.83. The maximum atomic E-state index is 11.0. The van der Waals surface area contributed by atoms with Crippen LogP contribution in [0.2, 0.25) is 0 Å². The van der Waals surface area contributed by atoms with Crippen LogP contribution in [0.3, 0.4) is 0 Å². The summed E-state index contributed by atoms with van der Waals surface area (Å²) in [6, 6.07) is -1.03. The molecule has 0 rings (SSSR count). The normalized spacial score (nSPS) is 11.6. The van der Waals surface area contributed by atoms with Gasteiger partial charge in [0.2, 0.25) is 5.91 Å². The van der Waals surface area contributed by atoms with Crippen molar-refractivity contribution in [2.75, 3.05) is 7.11 Å². The lowest BCUT2D eigenvalue weighted by atomic mass is 10.1. The summed E-state index contributed by atoms with van der Waals surface area (Å²) in [5.74, 6) is -2.00. The average Bonchev–Trinajstić information content (AvgIpc) is 2.22. The van der Waals surface area contributed by atoms with Gasteiger partial charge in [-0.2, -0.15) is 0 Å². The van der Waals surface area contributed by atoms with E-state index in [2.05, 4.69) is 10.1 Å². The van der Waals surface area contributed by atoms with E-state index in [4.69, 9.17) is 5.11 Å². The zero-order chi connectivity index (χ0) is 11.8. The minimum absolute atomic E-state index is 0.0303. The minimum atomic E-state index is -1.15. The van der Waals surface area contributed by atoms with Crippen molar-refractivity contribution >= 4 is 17.8 Å². The van der Waals surface area contributed by atoms with Gasteiger partial charge in [0.25, 0.3) is 0 Å². The molecule has 15 heavy (non-hydrogen) atoms. The van der Waals surface area contributed by atoms with Gasteiger partial charge in [-0.25, -0.2) is 4.79 Å². The third kappa shape index (κ3) is 5.66. The minimum Gasteiger partial charge on any atom is -0.480 e. The smallest absolute Gasteiger partial charge is 0.326 e. The summed E-state index contributed by atoms with van der Waals surface area (Å²) in [5, 5.41) is 11.0. The molecule has 0 bridgehead atoms. The first-order chi connectivity index (χ1) is 7.01. The standard InChI is InChI=1S/C9H15NO5/c1-3-7(11)10-6(9(13)14)4-5-8(12)15-2/h6H,3-5H2,1-2H3,(H,10,11)(H,13,14). The Balaban J connectivity index is 4.11. The van der Waals surface area contributed by atoms with E-state index >= 15 is 0 Å². The van der Waals surface area contributed by atoms with Crippen molar-refractivity contribution in [3.05, 3.63) is 0 Å². The lowest BCUT2D eigenvalue weighted by Gasteiger charge is -2.12. The number of rotatable bonds is 6. The number of carbonyl (C=O) groups excluding carboxylic acids is 2. The van der Waals surface area contributed by atoms with Gasteiger partial charge in [-0.05, 0) is 6.42 Å². The molecular weight excluding hydrogens is 202 g/mol. The topological polar surface area (TPSA) is 92.7 Å². The van der Waals surface area contributed by atoms with Crippen molar-refractivity contribution in [2.45, 2.75) is 32.2 Å². The molecule has 0 saturated heterocycles. The molecule has 6 heteroatoms. The molecule has 6 nitrogen and oxygen atoms in total. The van der Waals surface area contributed by atoms with Gasteiger partial charge in [-0.1, -0.05) is 6.92 Å². The molecule has 0 aliphatic rings. The fourth-order valence-corrected chi connectivity index (χ4v) is 0.918. The second-order valence-electron chi connectivity index (χ2n) is 2.93. The number of carboxylic acids is 1. The van der Waals surface area contributed by atoms with E-state index < -0.39 is 18.0 Å². The Labute approximate surface area is 87.6 Å². The zero-order valence-corrected chi connectivity index (χ0v) is 8.78. The fraction of sp³-hybridized carbons (Fsp3) is 0.667. The first kappa shape index (κ1) is 13.4. The van der Waals surface area contributed by atoms with Gasteiger partial charge in [0.05, 0.1) is 7.11 Å². The average molecular weight is 217 g/mol. The molecular formula is C9H15NO5. The molecule has 0 aromatic heterocycles. The second kappa shape index (κ2) is 6.80. The van der Waals surface area contributed by atoms with E-state index in [1.807, 2.05) is 0 Å². The highest BCUT2D eigenvalue weighted by atomic mass is 16.5. The third-order valence-corrected chi connectivity index (χ3v) is 1.82. The van der Waals surface area contributed by atoms with Gasteiger partial charge in [-0.15, -0.1) is 0 Å². The summed E-state index contributed by atoms with van der Waals surface area (Å²) in [5.41, 5.74) is 0. The summed E-state index contributed by atoms with van der Waals surface area (Å²) < 4.78 is 4.37. The fourth-order valence-electron chi connectivity index (χ4n) is 0.918. The first-order valence-electron chi connectivity index (χ1n) is 4.60. The van der Waals surface area contributed by atoms with Crippen molar-refractivity contribution in [3.8, 4) is 0 Å². The SMILES string of the molecule is CCC(=O)NC(CCC(=O)OC)C(=O)O. The number of ether oxygens (including phenoxy) is 1. The van der Waals surface area contributed by atoms with Crippen LogP contribution in [0.1, 0.15) is 26.2 Å². The number of hydrogen-bond donors (Lipinski definition) is 2. The van der Waals surface area contributed by atoms with Crippen molar-refractivity contribution in [3.63, 3.8) is 0 Å². The second-order valence-corrected chi connectivity index (χ2v) is 2.93. The van der Waals surface area contributed by atoms with Crippen LogP contribution < -0.4 is 5.32 Å². The molecule has 0 aromatic rings. The number of methoxy groups -OCH3 is 1. The Morgan fingerprint density at radius 3 is 2.40 bits per heavy atom. The molecule has 0 saturated carbocycles. The van der Waals surface area contributed by atoms with Crippen LogP contribution >= 0.6 is 0 Å². The Morgan fingerprint density at radius 2 is 2.00 bits per heavy atom. The quantitative estimate of drug-likeness (QED) is 0.607. The maximum Gasteiger partial charge on any atom is 0.326 e. The lowest BCUT2D eigenvalue weighted by Crippen LogP contribution is -2.40. The van der Waals surface area contributed by atoms with Crippen LogP contribution in [0.4, 0.5) is 0 Å². The van der Waals surface area contributed by atoms with Crippen molar-refractivity contribution in [1.82, 2.24) is 5.32 Å². The van der Waals surface area contributed by atoms with Crippen molar-refractivity contribution in [2.24, 2.45) is 0 Å². The van der Waals surface area contributed by atoms with Crippen LogP contribution in [-0.4, -0.2) is 36.1 Å². The van der Waals surface area contributed by atoms with Gasteiger partial charge in [0.15, 0.2) is 0 Å². The predicted molar refractivity (Wildman–Crippen MR) is 51.1 cm³/mol. The van der Waals surface area contributed by atoms with Crippen LogP contribution in [-0.2, 0) is 19.1 Å². The highest BCUT2D eigenvalue weighted by Gasteiger charge is 2.20. The lowest BCUT2D eigenvalue weighted by molar-refractivity contribution is -0.144. The van der Waals surface area contributed by atoms with Gasteiger partial charge >= 0.3 is 11.9 Å².